The fourth-order valence-electron chi connectivity index (χ4n) is 2.36. The monoisotopic (exact) mass is 377 g/mol. The van der Waals surface area contributed by atoms with E-state index in [4.69, 9.17) is 12.2 Å². The molecule has 27 heavy (non-hydrogen) atoms. The standard InChI is InChI=1S/C19H15N5O2S/c25-24(26)17-12-5-4-10-15(17)21-19(27)23-22-18(14-8-2-1-3-9-14)16-11-6-7-13-20-16/h1-13H,(H2,21,23,27)/b22-18+. The van der Waals surface area contributed by atoms with Crippen molar-refractivity contribution in [2.24, 2.45) is 5.10 Å². The minimum atomic E-state index is -0.475. The Bertz CT molecular complexity index is 936. The Morgan fingerprint density at radius 3 is 2.41 bits per heavy atom. The molecule has 0 spiro atoms. The first-order valence-corrected chi connectivity index (χ1v) is 8.41. The predicted molar refractivity (Wildman–Crippen MR) is 109 cm³/mol. The molecule has 0 amide bonds. The van der Waals surface area contributed by atoms with Crippen LogP contribution in [0.2, 0.25) is 0 Å². The highest BCUT2D eigenvalue weighted by Crippen LogP contribution is 2.22. The minimum absolute atomic E-state index is 0.0707. The first-order chi connectivity index (χ1) is 13.1. The number of aromatic nitrogens is 1. The van der Waals surface area contributed by atoms with Crippen molar-refractivity contribution in [1.29, 1.82) is 0 Å². The lowest BCUT2D eigenvalue weighted by Gasteiger charge is -2.10. The topological polar surface area (TPSA) is 92.5 Å². The summed E-state index contributed by atoms with van der Waals surface area (Å²) in [5, 5.41) is 18.4. The second-order valence-corrected chi connectivity index (χ2v) is 5.79. The van der Waals surface area contributed by atoms with E-state index in [2.05, 4.69) is 20.8 Å². The molecule has 0 bridgehead atoms. The largest absolute Gasteiger partial charge is 0.326 e. The zero-order valence-corrected chi connectivity index (χ0v) is 14.9. The fraction of sp³-hybridized carbons (Fsp3) is 0. The third kappa shape index (κ3) is 4.71. The molecular formula is C19H15N5O2S. The van der Waals surface area contributed by atoms with E-state index >= 15 is 0 Å². The Morgan fingerprint density at radius 1 is 1.00 bits per heavy atom. The number of benzene rings is 2. The molecule has 3 aromatic rings. The van der Waals surface area contributed by atoms with Crippen LogP contribution >= 0.6 is 12.2 Å². The highest BCUT2D eigenvalue weighted by molar-refractivity contribution is 7.80. The van der Waals surface area contributed by atoms with E-state index in [-0.39, 0.29) is 16.5 Å². The van der Waals surface area contributed by atoms with E-state index in [0.717, 1.165) is 5.56 Å². The van der Waals surface area contributed by atoms with Crippen molar-refractivity contribution in [1.82, 2.24) is 10.4 Å². The van der Waals surface area contributed by atoms with Crippen molar-refractivity contribution < 1.29 is 4.92 Å². The van der Waals surface area contributed by atoms with Crippen LogP contribution in [0, 0.1) is 10.1 Å². The molecule has 8 heteroatoms. The predicted octanol–water partition coefficient (Wildman–Crippen LogP) is 3.73. The number of hydrazone groups is 1. The number of nitrogens with one attached hydrogen (secondary N) is 2. The van der Waals surface area contributed by atoms with Crippen molar-refractivity contribution in [2.45, 2.75) is 0 Å². The lowest BCUT2D eigenvalue weighted by Crippen LogP contribution is -2.26. The third-order valence-corrected chi connectivity index (χ3v) is 3.77. The lowest BCUT2D eigenvalue weighted by molar-refractivity contribution is -0.383. The van der Waals surface area contributed by atoms with Crippen LogP contribution in [0.25, 0.3) is 0 Å². The highest BCUT2D eigenvalue weighted by atomic mass is 32.1. The third-order valence-electron chi connectivity index (χ3n) is 3.57. The molecule has 134 valence electrons. The average molecular weight is 377 g/mol. The van der Waals surface area contributed by atoms with Crippen LogP contribution < -0.4 is 10.7 Å². The smallest absolute Gasteiger partial charge is 0.292 e. The van der Waals surface area contributed by atoms with E-state index in [1.807, 2.05) is 48.5 Å². The number of nitro benzene ring substituents is 1. The number of hydrogen-bond donors (Lipinski definition) is 2. The molecule has 2 N–H and O–H groups in total. The quantitative estimate of drug-likeness (QED) is 0.305. The van der Waals surface area contributed by atoms with Crippen molar-refractivity contribution in [3.05, 3.63) is 100 Å². The van der Waals surface area contributed by atoms with Gasteiger partial charge >= 0.3 is 0 Å². The van der Waals surface area contributed by atoms with Gasteiger partial charge in [0.05, 0.1) is 10.6 Å². The molecule has 3 rings (SSSR count). The van der Waals surface area contributed by atoms with E-state index in [1.165, 1.54) is 6.07 Å². The average Bonchev–Trinajstić information content (AvgIpc) is 2.70. The van der Waals surface area contributed by atoms with Gasteiger partial charge in [-0.2, -0.15) is 5.10 Å². The molecule has 0 aliphatic carbocycles. The van der Waals surface area contributed by atoms with Gasteiger partial charge in [0.2, 0.25) is 0 Å². The van der Waals surface area contributed by atoms with Crippen LogP contribution in [0.1, 0.15) is 11.3 Å². The van der Waals surface area contributed by atoms with Crippen LogP contribution in [0.5, 0.6) is 0 Å². The van der Waals surface area contributed by atoms with Gasteiger partial charge in [-0.15, -0.1) is 0 Å². The summed E-state index contributed by atoms with van der Waals surface area (Å²) in [6.45, 7) is 0. The van der Waals surface area contributed by atoms with Gasteiger partial charge in [0, 0.05) is 17.8 Å². The molecule has 2 aromatic carbocycles. The summed E-state index contributed by atoms with van der Waals surface area (Å²) in [6, 6.07) is 21.3. The lowest BCUT2D eigenvalue weighted by atomic mass is 10.1. The van der Waals surface area contributed by atoms with Crippen molar-refractivity contribution in [2.75, 3.05) is 5.32 Å². The van der Waals surface area contributed by atoms with Gasteiger partial charge in [0.1, 0.15) is 11.4 Å². The molecule has 0 saturated carbocycles. The van der Waals surface area contributed by atoms with Gasteiger partial charge in [0.15, 0.2) is 5.11 Å². The Hall–Kier alpha value is -3.65. The van der Waals surface area contributed by atoms with E-state index in [0.29, 0.717) is 11.4 Å². The second kappa shape index (κ2) is 8.63. The maximum Gasteiger partial charge on any atom is 0.292 e. The van der Waals surface area contributed by atoms with E-state index in [1.54, 1.807) is 24.4 Å². The number of hydrogen-bond acceptors (Lipinski definition) is 5. The number of para-hydroxylation sites is 2. The summed E-state index contributed by atoms with van der Waals surface area (Å²) in [4.78, 5) is 15.0. The molecule has 0 saturated heterocycles. The molecule has 0 unspecified atom stereocenters. The molecule has 0 radical (unpaired) electrons. The van der Waals surface area contributed by atoms with Gasteiger partial charge in [-0.05, 0) is 30.4 Å². The summed E-state index contributed by atoms with van der Waals surface area (Å²) in [5.41, 5.74) is 5.09. The molecule has 7 nitrogen and oxygen atoms in total. The Morgan fingerprint density at radius 2 is 1.70 bits per heavy atom. The summed E-state index contributed by atoms with van der Waals surface area (Å²) in [5.74, 6) is 0. The van der Waals surface area contributed by atoms with Crippen LogP contribution in [0.15, 0.2) is 84.1 Å². The van der Waals surface area contributed by atoms with Crippen LogP contribution in [-0.2, 0) is 0 Å². The van der Waals surface area contributed by atoms with Crippen molar-refractivity contribution in [3.8, 4) is 0 Å². The summed E-state index contributed by atoms with van der Waals surface area (Å²) in [6.07, 6.45) is 1.68. The maximum atomic E-state index is 11.1. The van der Waals surface area contributed by atoms with E-state index in [9.17, 15) is 10.1 Å². The van der Waals surface area contributed by atoms with Crippen LogP contribution in [0.3, 0.4) is 0 Å². The first kappa shape index (κ1) is 18.2. The van der Waals surface area contributed by atoms with Crippen LogP contribution in [-0.4, -0.2) is 20.7 Å². The zero-order valence-electron chi connectivity index (χ0n) is 14.1. The number of nitro groups is 1. The number of thiocarbonyl (C=S) groups is 1. The Balaban J connectivity index is 1.83. The number of nitrogens with zero attached hydrogens (tertiary/aromatic N) is 3. The molecular weight excluding hydrogens is 362 g/mol. The van der Waals surface area contributed by atoms with E-state index < -0.39 is 4.92 Å². The number of pyridine rings is 1. The molecule has 0 atom stereocenters. The van der Waals surface area contributed by atoms with Crippen LogP contribution in [0.4, 0.5) is 11.4 Å². The van der Waals surface area contributed by atoms with Gasteiger partial charge in [-0.1, -0.05) is 48.5 Å². The summed E-state index contributed by atoms with van der Waals surface area (Å²) < 4.78 is 0. The van der Waals surface area contributed by atoms with Gasteiger partial charge < -0.3 is 5.32 Å². The molecule has 0 aliphatic heterocycles. The maximum absolute atomic E-state index is 11.1. The summed E-state index contributed by atoms with van der Waals surface area (Å²) >= 11 is 5.23. The fourth-order valence-corrected chi connectivity index (χ4v) is 2.52. The number of rotatable bonds is 5. The Labute approximate surface area is 160 Å². The molecule has 1 aromatic heterocycles. The molecule has 1 heterocycles. The van der Waals surface area contributed by atoms with Gasteiger partial charge in [0.25, 0.3) is 5.69 Å². The van der Waals surface area contributed by atoms with Crippen molar-refractivity contribution >= 4 is 34.4 Å². The first-order valence-electron chi connectivity index (χ1n) is 8.00. The van der Waals surface area contributed by atoms with Gasteiger partial charge in [-0.25, -0.2) is 0 Å². The van der Waals surface area contributed by atoms with Crippen molar-refractivity contribution in [3.63, 3.8) is 0 Å². The SMILES string of the molecule is O=[N+]([O-])c1ccccc1NC(=S)N/N=C(\c1ccccc1)c1ccccn1. The minimum Gasteiger partial charge on any atom is -0.326 e. The number of anilines is 1. The second-order valence-electron chi connectivity index (χ2n) is 5.38. The summed E-state index contributed by atoms with van der Waals surface area (Å²) in [7, 11) is 0. The molecule has 0 fully saturated rings. The zero-order chi connectivity index (χ0) is 19.1. The van der Waals surface area contributed by atoms with Gasteiger partial charge in [-0.3, -0.25) is 20.5 Å². The Kier molecular flexibility index (Phi) is 5.80. The normalized spacial score (nSPS) is 10.9. The molecule has 0 aliphatic rings. The highest BCUT2D eigenvalue weighted by Gasteiger charge is 2.13.